The predicted octanol–water partition coefficient (Wildman–Crippen LogP) is -0.0790. The van der Waals surface area contributed by atoms with Crippen LogP contribution in [0.4, 0.5) is 0 Å². The first-order valence-corrected chi connectivity index (χ1v) is 6.05. The summed E-state index contributed by atoms with van der Waals surface area (Å²) in [5.41, 5.74) is 0. The van der Waals surface area contributed by atoms with Crippen molar-refractivity contribution in [2.45, 2.75) is 45.2 Å². The highest BCUT2D eigenvalue weighted by molar-refractivity contribution is 5.78. The minimum Gasteiger partial charge on any atom is -0.439 e. The minimum atomic E-state index is -1.29. The van der Waals surface area contributed by atoms with Gasteiger partial charge in [-0.25, -0.2) is 19.2 Å². The Balaban J connectivity index is 4.55. The molecule has 3 atom stereocenters. The van der Waals surface area contributed by atoms with E-state index >= 15 is 0 Å². The Bertz CT molecular complexity index is 543. The molecule has 0 bridgehead atoms. The van der Waals surface area contributed by atoms with Crippen molar-refractivity contribution in [3.63, 3.8) is 0 Å². The first-order chi connectivity index (χ1) is 10.4. The van der Waals surface area contributed by atoms with Gasteiger partial charge >= 0.3 is 11.9 Å². The zero-order valence-electron chi connectivity index (χ0n) is 11.8. The van der Waals surface area contributed by atoms with E-state index in [9.17, 15) is 24.0 Å². The van der Waals surface area contributed by atoms with Gasteiger partial charge in [-0.05, 0) is 20.3 Å². The van der Waals surface area contributed by atoms with Gasteiger partial charge in [-0.1, -0.05) is 0 Å². The molecule has 118 valence electrons. The molecule has 3 unspecified atom stereocenters. The Labute approximate surface area is 124 Å². The molecule has 0 spiro atoms. The lowest BCUT2D eigenvalue weighted by molar-refractivity contribution is -0.150. The quantitative estimate of drug-likeness (QED) is 0.329. The molecule has 22 heavy (non-hydrogen) atoms. The van der Waals surface area contributed by atoms with E-state index in [1.54, 1.807) is 0 Å². The lowest BCUT2D eigenvalue weighted by atomic mass is 10.1. The Kier molecular flexibility index (Phi) is 9.38. The summed E-state index contributed by atoms with van der Waals surface area (Å²) < 4.78 is 9.38. The van der Waals surface area contributed by atoms with Crippen LogP contribution in [0.1, 0.15) is 26.7 Å². The summed E-state index contributed by atoms with van der Waals surface area (Å²) in [5, 5.41) is 0. The Morgan fingerprint density at radius 2 is 1.41 bits per heavy atom. The maximum atomic E-state index is 11.6. The van der Waals surface area contributed by atoms with E-state index in [4.69, 9.17) is 4.74 Å². The van der Waals surface area contributed by atoms with Crippen LogP contribution in [0.25, 0.3) is 0 Å². The molecule has 0 saturated carbocycles. The van der Waals surface area contributed by atoms with Crippen molar-refractivity contribution in [1.29, 1.82) is 0 Å². The van der Waals surface area contributed by atoms with Crippen molar-refractivity contribution in [1.82, 2.24) is 0 Å². The van der Waals surface area contributed by atoms with E-state index < -0.39 is 30.4 Å². The van der Waals surface area contributed by atoms with Crippen LogP contribution in [0.15, 0.2) is 15.0 Å². The monoisotopic (exact) mass is 311 g/mol. The average Bonchev–Trinajstić information content (AvgIpc) is 2.43. The van der Waals surface area contributed by atoms with Crippen molar-refractivity contribution in [2.24, 2.45) is 15.0 Å². The van der Waals surface area contributed by atoms with Gasteiger partial charge < -0.3 is 9.47 Å². The highest BCUT2D eigenvalue weighted by Gasteiger charge is 2.23. The van der Waals surface area contributed by atoms with Crippen LogP contribution in [0, 0.1) is 0 Å². The smallest absolute Gasteiger partial charge is 0.333 e. The molecule has 0 heterocycles. The molecule has 0 aliphatic carbocycles. The fourth-order valence-electron chi connectivity index (χ4n) is 1.25. The van der Waals surface area contributed by atoms with Crippen molar-refractivity contribution in [2.75, 3.05) is 0 Å². The number of hydrogen-bond acceptors (Lipinski definition) is 10. The van der Waals surface area contributed by atoms with Crippen LogP contribution in [-0.2, 0) is 33.4 Å². The molecule has 0 saturated heterocycles. The van der Waals surface area contributed by atoms with E-state index in [1.807, 2.05) is 0 Å². The van der Waals surface area contributed by atoms with Gasteiger partial charge in [-0.15, -0.1) is 0 Å². The summed E-state index contributed by atoms with van der Waals surface area (Å²) in [6.45, 7) is 2.65. The molecule has 10 nitrogen and oxygen atoms in total. The summed E-state index contributed by atoms with van der Waals surface area (Å²) in [7, 11) is 0. The topological polar surface area (TPSA) is 141 Å². The number of nitrogens with zero attached hydrogens (tertiary/aromatic N) is 3. The van der Waals surface area contributed by atoms with E-state index in [1.165, 1.54) is 32.1 Å². The number of aliphatic imine (C=N–C) groups is 3. The number of rotatable bonds is 9. The van der Waals surface area contributed by atoms with E-state index in [2.05, 4.69) is 19.7 Å². The van der Waals surface area contributed by atoms with Crippen molar-refractivity contribution < 1.29 is 33.4 Å². The van der Waals surface area contributed by atoms with Gasteiger partial charge in [0.2, 0.25) is 30.7 Å². The van der Waals surface area contributed by atoms with E-state index in [0.717, 1.165) is 0 Å². The molecule has 0 N–H and O–H groups in total. The summed E-state index contributed by atoms with van der Waals surface area (Å²) >= 11 is 0. The minimum absolute atomic E-state index is 0.193. The number of isocyanates is 3. The second-order valence-electron chi connectivity index (χ2n) is 3.84. The number of ether oxygens (including phenoxy) is 2. The molecular weight excluding hydrogens is 298 g/mol. The summed E-state index contributed by atoms with van der Waals surface area (Å²) in [4.78, 5) is 62.8. The third-order valence-electron chi connectivity index (χ3n) is 2.16. The lowest BCUT2D eigenvalue weighted by Gasteiger charge is -2.12. The zero-order chi connectivity index (χ0) is 17.0. The summed E-state index contributed by atoms with van der Waals surface area (Å²) in [5.74, 6) is -1.72. The first kappa shape index (κ1) is 19.1. The fourth-order valence-corrected chi connectivity index (χ4v) is 1.25. The normalized spacial score (nSPS) is 13.2. The maximum absolute atomic E-state index is 11.6. The van der Waals surface area contributed by atoms with Gasteiger partial charge in [0.15, 0.2) is 6.04 Å². The van der Waals surface area contributed by atoms with Gasteiger partial charge in [-0.3, -0.25) is 4.79 Å². The number of hydrogen-bond donors (Lipinski definition) is 0. The lowest BCUT2D eigenvalue weighted by Crippen LogP contribution is -2.26. The molecule has 0 aromatic carbocycles. The first-order valence-electron chi connectivity index (χ1n) is 6.05. The van der Waals surface area contributed by atoms with Crippen molar-refractivity contribution in [3.8, 4) is 0 Å². The Morgan fingerprint density at radius 3 is 1.91 bits per heavy atom. The van der Waals surface area contributed by atoms with Gasteiger partial charge in [0.1, 0.15) is 0 Å². The van der Waals surface area contributed by atoms with Crippen molar-refractivity contribution >= 4 is 30.2 Å². The number of carbonyl (C=O) groups is 2. The predicted molar refractivity (Wildman–Crippen MR) is 68.5 cm³/mol. The second kappa shape index (κ2) is 10.8. The van der Waals surface area contributed by atoms with Crippen LogP contribution < -0.4 is 0 Å². The largest absolute Gasteiger partial charge is 0.439 e. The SMILES string of the molecule is CC(N=C=O)OC(=O)CCC(N=C=O)C(=O)OC(C)N=C=O. The van der Waals surface area contributed by atoms with Crippen LogP contribution in [0.3, 0.4) is 0 Å². The zero-order valence-corrected chi connectivity index (χ0v) is 11.8. The summed E-state index contributed by atoms with van der Waals surface area (Å²) in [6, 6.07) is -1.29. The molecule has 10 heteroatoms. The molecule has 0 radical (unpaired) electrons. The van der Waals surface area contributed by atoms with Crippen molar-refractivity contribution in [3.05, 3.63) is 0 Å². The van der Waals surface area contributed by atoms with Crippen LogP contribution >= 0.6 is 0 Å². The van der Waals surface area contributed by atoms with Gasteiger partial charge in [0, 0.05) is 6.42 Å². The molecule has 0 aromatic rings. The Hall–Kier alpha value is -2.92. The third-order valence-corrected chi connectivity index (χ3v) is 2.16. The molecule has 0 amide bonds. The van der Waals surface area contributed by atoms with Crippen LogP contribution in [0.2, 0.25) is 0 Å². The van der Waals surface area contributed by atoms with Crippen LogP contribution in [-0.4, -0.2) is 48.7 Å². The molecule has 0 aliphatic heterocycles. The molecular formula is C12H13N3O7. The van der Waals surface area contributed by atoms with Crippen LogP contribution in [0.5, 0.6) is 0 Å². The highest BCUT2D eigenvalue weighted by atomic mass is 16.6. The number of esters is 2. The van der Waals surface area contributed by atoms with Gasteiger partial charge in [0.25, 0.3) is 0 Å². The Morgan fingerprint density at radius 1 is 0.909 bits per heavy atom. The second-order valence-corrected chi connectivity index (χ2v) is 3.84. The molecule has 0 aromatic heterocycles. The highest BCUT2D eigenvalue weighted by Crippen LogP contribution is 2.08. The third kappa shape index (κ3) is 8.29. The fraction of sp³-hybridized carbons (Fsp3) is 0.583. The maximum Gasteiger partial charge on any atom is 0.333 e. The standard InChI is InChI=1S/C12H13N3O7/c1-8(13-5-16)21-11(19)4-3-10(15-7-18)12(20)22-9(2)14-6-17/h8-10H,3-4H2,1-2H3. The van der Waals surface area contributed by atoms with Gasteiger partial charge in [0.05, 0.1) is 0 Å². The van der Waals surface area contributed by atoms with E-state index in [0.29, 0.717) is 0 Å². The van der Waals surface area contributed by atoms with Gasteiger partial charge in [-0.2, -0.15) is 15.0 Å². The summed E-state index contributed by atoms with van der Waals surface area (Å²) in [6.07, 6.45) is 1.03. The molecule has 0 fully saturated rings. The number of carbonyl (C=O) groups excluding carboxylic acids is 5. The van der Waals surface area contributed by atoms with E-state index in [-0.39, 0.29) is 12.8 Å². The average molecular weight is 311 g/mol. The molecule has 0 rings (SSSR count). The molecule has 0 aliphatic rings.